The van der Waals surface area contributed by atoms with Crippen molar-refractivity contribution in [3.63, 3.8) is 0 Å². The molecule has 1 aliphatic heterocycles. The van der Waals surface area contributed by atoms with Gasteiger partial charge in [-0.3, -0.25) is 4.79 Å². The number of carboxylic acids is 1. The Morgan fingerprint density at radius 1 is 1.45 bits per heavy atom. The standard InChI is InChI=1S/C13H16ClNO6S/c1-21-11-3-2-8(14)6-12(11)22(19,20)15-5-4-10(16)9(7-15)13(17)18/h2-3,6,9-10,16H,4-5,7H2,1H3,(H,17,18)/t9-,10+/m0/s1. The van der Waals surface area contributed by atoms with E-state index in [1.54, 1.807) is 0 Å². The van der Waals surface area contributed by atoms with E-state index in [9.17, 15) is 18.3 Å². The molecule has 1 fully saturated rings. The highest BCUT2D eigenvalue weighted by Crippen LogP contribution is 2.32. The predicted molar refractivity (Wildman–Crippen MR) is 78.5 cm³/mol. The molecule has 0 radical (unpaired) electrons. The van der Waals surface area contributed by atoms with Crippen LogP contribution in [0.5, 0.6) is 5.75 Å². The van der Waals surface area contributed by atoms with Gasteiger partial charge in [0.15, 0.2) is 0 Å². The van der Waals surface area contributed by atoms with Gasteiger partial charge in [-0.05, 0) is 24.6 Å². The van der Waals surface area contributed by atoms with Crippen molar-refractivity contribution in [3.8, 4) is 5.75 Å². The van der Waals surface area contributed by atoms with Gasteiger partial charge in [0.25, 0.3) is 0 Å². The number of ether oxygens (including phenoxy) is 1. The van der Waals surface area contributed by atoms with Crippen LogP contribution in [-0.4, -0.2) is 55.2 Å². The number of carbonyl (C=O) groups is 1. The molecule has 1 aromatic carbocycles. The number of aliphatic hydroxyl groups is 1. The molecule has 1 aromatic rings. The molecule has 0 bridgehead atoms. The Balaban J connectivity index is 2.39. The zero-order chi connectivity index (χ0) is 16.5. The summed E-state index contributed by atoms with van der Waals surface area (Å²) in [6.07, 6.45) is -1.01. The molecule has 22 heavy (non-hydrogen) atoms. The molecule has 9 heteroatoms. The number of carboxylic acid groups (broad SMARTS) is 1. The van der Waals surface area contributed by atoms with E-state index in [4.69, 9.17) is 21.4 Å². The lowest BCUT2D eigenvalue weighted by molar-refractivity contribution is -0.147. The summed E-state index contributed by atoms with van der Waals surface area (Å²) in [4.78, 5) is 11.0. The number of aliphatic carboxylic acids is 1. The molecule has 2 rings (SSSR count). The third-order valence-corrected chi connectivity index (χ3v) is 5.72. The van der Waals surface area contributed by atoms with Crippen LogP contribution < -0.4 is 4.74 Å². The number of hydrogen-bond donors (Lipinski definition) is 2. The van der Waals surface area contributed by atoms with Crippen LogP contribution in [0, 0.1) is 5.92 Å². The molecule has 0 saturated carbocycles. The van der Waals surface area contributed by atoms with Gasteiger partial charge < -0.3 is 14.9 Å². The second-order valence-electron chi connectivity index (χ2n) is 4.96. The van der Waals surface area contributed by atoms with E-state index in [-0.39, 0.29) is 35.2 Å². The molecule has 2 atom stereocenters. The van der Waals surface area contributed by atoms with Crippen LogP contribution in [0.25, 0.3) is 0 Å². The van der Waals surface area contributed by atoms with Crippen LogP contribution in [0.15, 0.2) is 23.1 Å². The zero-order valence-corrected chi connectivity index (χ0v) is 13.3. The molecule has 0 aromatic heterocycles. The Labute approximate surface area is 133 Å². The summed E-state index contributed by atoms with van der Waals surface area (Å²) < 4.78 is 31.5. The fourth-order valence-corrected chi connectivity index (χ4v) is 4.26. The minimum absolute atomic E-state index is 0.0307. The van der Waals surface area contributed by atoms with Crippen LogP contribution in [-0.2, 0) is 14.8 Å². The summed E-state index contributed by atoms with van der Waals surface area (Å²) in [5.74, 6) is -2.26. The molecule has 0 amide bonds. The quantitative estimate of drug-likeness (QED) is 0.833. The van der Waals surface area contributed by atoms with Crippen molar-refractivity contribution in [2.75, 3.05) is 20.2 Å². The van der Waals surface area contributed by atoms with Crippen molar-refractivity contribution in [3.05, 3.63) is 23.2 Å². The SMILES string of the molecule is COc1ccc(Cl)cc1S(=O)(=O)N1CC[C@@H](O)[C@@H](C(=O)O)C1. The number of nitrogens with zero attached hydrogens (tertiary/aromatic N) is 1. The largest absolute Gasteiger partial charge is 0.495 e. The molecule has 0 unspecified atom stereocenters. The first-order chi connectivity index (χ1) is 10.3. The molecule has 122 valence electrons. The summed E-state index contributed by atoms with van der Waals surface area (Å²) in [6.45, 7) is -0.266. The summed E-state index contributed by atoms with van der Waals surface area (Å²) in [7, 11) is -2.63. The van der Waals surface area contributed by atoms with E-state index in [0.29, 0.717) is 0 Å². The number of benzene rings is 1. The number of piperidine rings is 1. The Kier molecular flexibility index (Phi) is 4.96. The lowest BCUT2D eigenvalue weighted by atomic mass is 9.96. The second kappa shape index (κ2) is 6.41. The van der Waals surface area contributed by atoms with Crippen molar-refractivity contribution in [1.82, 2.24) is 4.31 Å². The van der Waals surface area contributed by atoms with Gasteiger partial charge in [0, 0.05) is 18.1 Å². The van der Waals surface area contributed by atoms with Crippen molar-refractivity contribution in [2.45, 2.75) is 17.4 Å². The monoisotopic (exact) mass is 349 g/mol. The Morgan fingerprint density at radius 3 is 2.73 bits per heavy atom. The topological polar surface area (TPSA) is 104 Å². The first kappa shape index (κ1) is 17.0. The first-order valence-electron chi connectivity index (χ1n) is 6.52. The molecule has 1 heterocycles. The molecule has 7 nitrogen and oxygen atoms in total. The van der Waals surface area contributed by atoms with Gasteiger partial charge in [-0.1, -0.05) is 11.6 Å². The zero-order valence-electron chi connectivity index (χ0n) is 11.8. The highest BCUT2D eigenvalue weighted by molar-refractivity contribution is 7.89. The maximum absolute atomic E-state index is 12.7. The third-order valence-electron chi connectivity index (χ3n) is 3.60. The lowest BCUT2D eigenvalue weighted by Crippen LogP contribution is -2.48. The number of sulfonamides is 1. The van der Waals surface area contributed by atoms with E-state index < -0.39 is 28.0 Å². The summed E-state index contributed by atoms with van der Waals surface area (Å²) >= 11 is 5.85. The maximum Gasteiger partial charge on any atom is 0.310 e. The lowest BCUT2D eigenvalue weighted by Gasteiger charge is -2.33. The number of hydrogen-bond acceptors (Lipinski definition) is 5. The third kappa shape index (κ3) is 3.19. The maximum atomic E-state index is 12.7. The van der Waals surface area contributed by atoms with Crippen LogP contribution in [0.4, 0.5) is 0 Å². The highest BCUT2D eigenvalue weighted by Gasteiger charge is 2.39. The van der Waals surface area contributed by atoms with Crippen LogP contribution in [0.1, 0.15) is 6.42 Å². The van der Waals surface area contributed by atoms with Gasteiger partial charge >= 0.3 is 5.97 Å². The highest BCUT2D eigenvalue weighted by atomic mass is 35.5. The van der Waals surface area contributed by atoms with Gasteiger partial charge in [-0.2, -0.15) is 4.31 Å². The molecular formula is C13H16ClNO6S. The number of methoxy groups -OCH3 is 1. The second-order valence-corrected chi connectivity index (χ2v) is 7.30. The predicted octanol–water partition coefficient (Wildman–Crippen LogP) is 0.805. The Morgan fingerprint density at radius 2 is 2.14 bits per heavy atom. The average molecular weight is 350 g/mol. The van der Waals surface area contributed by atoms with Crippen molar-refractivity contribution in [1.29, 1.82) is 0 Å². The number of rotatable bonds is 4. The number of aliphatic hydroxyl groups excluding tert-OH is 1. The smallest absolute Gasteiger partial charge is 0.310 e. The van der Waals surface area contributed by atoms with Gasteiger partial charge in [0.1, 0.15) is 10.6 Å². The van der Waals surface area contributed by atoms with E-state index in [1.807, 2.05) is 0 Å². The first-order valence-corrected chi connectivity index (χ1v) is 8.33. The fourth-order valence-electron chi connectivity index (χ4n) is 2.36. The van der Waals surface area contributed by atoms with Crippen LogP contribution in [0.3, 0.4) is 0 Å². The van der Waals surface area contributed by atoms with E-state index in [2.05, 4.69) is 0 Å². The van der Waals surface area contributed by atoms with Gasteiger partial charge in [0.05, 0.1) is 19.1 Å². The Hall–Kier alpha value is -1.35. The minimum atomic E-state index is -3.97. The number of halogens is 1. The summed E-state index contributed by atoms with van der Waals surface area (Å²) in [6, 6.07) is 4.19. The minimum Gasteiger partial charge on any atom is -0.495 e. The normalized spacial score (nSPS) is 23.2. The molecule has 0 aliphatic carbocycles. The van der Waals surface area contributed by atoms with Crippen LogP contribution >= 0.6 is 11.6 Å². The van der Waals surface area contributed by atoms with Crippen molar-refractivity contribution in [2.24, 2.45) is 5.92 Å². The molecule has 2 N–H and O–H groups in total. The van der Waals surface area contributed by atoms with Crippen LogP contribution in [0.2, 0.25) is 5.02 Å². The summed E-state index contributed by atoms with van der Waals surface area (Å²) in [5, 5.41) is 19.0. The fraction of sp³-hybridized carbons (Fsp3) is 0.462. The van der Waals surface area contributed by atoms with Crippen molar-refractivity contribution >= 4 is 27.6 Å². The van der Waals surface area contributed by atoms with E-state index >= 15 is 0 Å². The van der Waals surface area contributed by atoms with E-state index in [1.165, 1.54) is 25.3 Å². The van der Waals surface area contributed by atoms with Gasteiger partial charge in [0.2, 0.25) is 10.0 Å². The molecule has 1 aliphatic rings. The molecular weight excluding hydrogens is 334 g/mol. The molecule has 1 saturated heterocycles. The van der Waals surface area contributed by atoms with E-state index in [0.717, 1.165) is 4.31 Å². The Bertz CT molecular complexity index is 677. The van der Waals surface area contributed by atoms with Crippen molar-refractivity contribution < 1.29 is 28.2 Å². The van der Waals surface area contributed by atoms with Gasteiger partial charge in [-0.25, -0.2) is 8.42 Å². The summed E-state index contributed by atoms with van der Waals surface area (Å²) in [5.41, 5.74) is 0. The van der Waals surface area contributed by atoms with Gasteiger partial charge in [-0.15, -0.1) is 0 Å². The molecule has 0 spiro atoms. The average Bonchev–Trinajstić information content (AvgIpc) is 2.47.